The van der Waals surface area contributed by atoms with E-state index in [0.29, 0.717) is 17.1 Å². The lowest BCUT2D eigenvalue weighted by atomic mass is 10.2. The molecule has 0 atom stereocenters. The molecule has 1 aromatic carbocycles. The number of nitrogens with zero attached hydrogens (tertiary/aromatic N) is 2. The topological polar surface area (TPSA) is 84.7 Å². The van der Waals surface area contributed by atoms with E-state index in [4.69, 9.17) is 4.74 Å². The van der Waals surface area contributed by atoms with Crippen LogP contribution in [0.5, 0.6) is 0 Å². The van der Waals surface area contributed by atoms with E-state index in [1.165, 1.54) is 7.05 Å². The van der Waals surface area contributed by atoms with Crippen LogP contribution in [0, 0.1) is 21.7 Å². The fourth-order valence-electron chi connectivity index (χ4n) is 1.52. The van der Waals surface area contributed by atoms with Gasteiger partial charge in [-0.25, -0.2) is 19.6 Å². The van der Waals surface area contributed by atoms with Gasteiger partial charge in [0.05, 0.1) is 4.92 Å². The first-order valence-corrected chi connectivity index (χ1v) is 5.90. The predicted molar refractivity (Wildman–Crippen MR) is 70.8 cm³/mol. The van der Waals surface area contributed by atoms with Crippen LogP contribution < -0.4 is 10.4 Å². The van der Waals surface area contributed by atoms with Gasteiger partial charge in [0.25, 0.3) is 0 Å². The molecule has 0 saturated carbocycles. The van der Waals surface area contributed by atoms with Crippen molar-refractivity contribution in [2.75, 3.05) is 12.1 Å². The SMILES string of the molecule is CNN(C(=O)OC(C)(C)C)c1cc(F)cc(F)c1[N+](=O)[O-]. The van der Waals surface area contributed by atoms with Crippen molar-refractivity contribution in [3.8, 4) is 0 Å². The molecule has 1 N–H and O–H groups in total. The predicted octanol–water partition coefficient (Wildman–Crippen LogP) is 2.75. The molecule has 1 amide bonds. The number of hydrogen-bond donors (Lipinski definition) is 1. The van der Waals surface area contributed by atoms with Gasteiger partial charge in [0.1, 0.15) is 17.1 Å². The highest BCUT2D eigenvalue weighted by Gasteiger charge is 2.31. The van der Waals surface area contributed by atoms with Crippen LogP contribution in [-0.2, 0) is 4.74 Å². The Labute approximate surface area is 119 Å². The lowest BCUT2D eigenvalue weighted by Gasteiger charge is -2.26. The molecule has 9 heteroatoms. The Morgan fingerprint density at radius 1 is 1.38 bits per heavy atom. The zero-order chi connectivity index (χ0) is 16.4. The average molecular weight is 303 g/mol. The smallest absolute Gasteiger partial charge is 0.429 e. The van der Waals surface area contributed by atoms with Crippen molar-refractivity contribution in [3.05, 3.63) is 33.9 Å². The van der Waals surface area contributed by atoms with Crippen LogP contribution in [0.25, 0.3) is 0 Å². The highest BCUT2D eigenvalue weighted by atomic mass is 19.1. The number of hydrazine groups is 1. The van der Waals surface area contributed by atoms with Gasteiger partial charge in [-0.3, -0.25) is 10.1 Å². The first-order chi connectivity index (χ1) is 9.56. The van der Waals surface area contributed by atoms with Crippen molar-refractivity contribution in [1.82, 2.24) is 5.43 Å². The van der Waals surface area contributed by atoms with E-state index in [1.54, 1.807) is 20.8 Å². The number of rotatable bonds is 3. The zero-order valence-corrected chi connectivity index (χ0v) is 11.9. The normalized spacial score (nSPS) is 11.1. The number of nitro benzene ring substituents is 1. The molecule has 0 saturated heterocycles. The summed E-state index contributed by atoms with van der Waals surface area (Å²) in [7, 11) is 1.26. The van der Waals surface area contributed by atoms with Crippen LogP contribution in [0.15, 0.2) is 12.1 Å². The molecule has 0 heterocycles. The molecule has 21 heavy (non-hydrogen) atoms. The van der Waals surface area contributed by atoms with Crippen LogP contribution in [-0.4, -0.2) is 23.7 Å². The van der Waals surface area contributed by atoms with E-state index in [2.05, 4.69) is 5.43 Å². The largest absolute Gasteiger partial charge is 0.442 e. The quantitative estimate of drug-likeness (QED) is 0.685. The Kier molecular flexibility index (Phi) is 4.79. The van der Waals surface area contributed by atoms with E-state index < -0.39 is 39.6 Å². The Morgan fingerprint density at radius 3 is 2.38 bits per heavy atom. The second-order valence-electron chi connectivity index (χ2n) is 5.05. The minimum absolute atomic E-state index is 0.366. The summed E-state index contributed by atoms with van der Waals surface area (Å²) in [5.41, 5.74) is -0.190. The highest BCUT2D eigenvalue weighted by molar-refractivity contribution is 5.90. The average Bonchev–Trinajstić information content (AvgIpc) is 2.25. The minimum atomic E-state index is -1.39. The third kappa shape index (κ3) is 4.09. The first kappa shape index (κ1) is 16.8. The van der Waals surface area contributed by atoms with Crippen molar-refractivity contribution in [1.29, 1.82) is 0 Å². The molecule has 0 bridgehead atoms. The fraction of sp³-hybridized carbons (Fsp3) is 0.417. The molecule has 1 rings (SSSR count). The Balaban J connectivity index is 3.34. The van der Waals surface area contributed by atoms with Gasteiger partial charge in [-0.15, -0.1) is 0 Å². The lowest BCUT2D eigenvalue weighted by Crippen LogP contribution is -2.44. The molecular weight excluding hydrogens is 288 g/mol. The van der Waals surface area contributed by atoms with E-state index in [0.717, 1.165) is 0 Å². The number of nitrogens with one attached hydrogen (secondary N) is 1. The Bertz CT molecular complexity index is 572. The molecule has 0 radical (unpaired) electrons. The summed E-state index contributed by atoms with van der Waals surface area (Å²) in [6.07, 6.45) is -1.03. The molecule has 0 aliphatic rings. The number of anilines is 1. The van der Waals surface area contributed by atoms with Gasteiger partial charge in [0.15, 0.2) is 0 Å². The van der Waals surface area contributed by atoms with Crippen molar-refractivity contribution < 1.29 is 23.2 Å². The van der Waals surface area contributed by atoms with Crippen LogP contribution >= 0.6 is 0 Å². The maximum Gasteiger partial charge on any atom is 0.429 e. The number of ether oxygens (including phenoxy) is 1. The van der Waals surface area contributed by atoms with Gasteiger partial charge in [-0.05, 0) is 20.8 Å². The van der Waals surface area contributed by atoms with Crippen molar-refractivity contribution >= 4 is 17.5 Å². The lowest BCUT2D eigenvalue weighted by molar-refractivity contribution is -0.386. The first-order valence-electron chi connectivity index (χ1n) is 5.90. The molecule has 7 nitrogen and oxygen atoms in total. The number of halogens is 2. The van der Waals surface area contributed by atoms with Gasteiger partial charge >= 0.3 is 11.8 Å². The summed E-state index contributed by atoms with van der Waals surface area (Å²) >= 11 is 0. The number of hydrogen-bond acceptors (Lipinski definition) is 5. The van der Waals surface area contributed by atoms with Crippen LogP contribution in [0.3, 0.4) is 0 Å². The molecule has 0 aromatic heterocycles. The molecule has 0 aliphatic carbocycles. The van der Waals surface area contributed by atoms with Crippen molar-refractivity contribution in [2.24, 2.45) is 0 Å². The van der Waals surface area contributed by atoms with Crippen LogP contribution in [0.4, 0.5) is 25.0 Å². The summed E-state index contributed by atoms with van der Waals surface area (Å²) < 4.78 is 31.9. The highest BCUT2D eigenvalue weighted by Crippen LogP contribution is 2.32. The third-order valence-corrected chi connectivity index (χ3v) is 2.23. The minimum Gasteiger partial charge on any atom is -0.442 e. The molecule has 0 fully saturated rings. The third-order valence-electron chi connectivity index (χ3n) is 2.23. The number of carbonyl (C=O) groups is 1. The Hall–Kier alpha value is -2.29. The van der Waals surface area contributed by atoms with E-state index in [1.807, 2.05) is 0 Å². The van der Waals surface area contributed by atoms with Gasteiger partial charge in [-0.1, -0.05) is 0 Å². The molecule has 116 valence electrons. The van der Waals surface area contributed by atoms with Gasteiger partial charge < -0.3 is 4.74 Å². The summed E-state index contributed by atoms with van der Waals surface area (Å²) in [5, 5.41) is 11.5. The second kappa shape index (κ2) is 6.00. The van der Waals surface area contributed by atoms with E-state index in [-0.39, 0.29) is 0 Å². The number of benzene rings is 1. The monoisotopic (exact) mass is 303 g/mol. The summed E-state index contributed by atoms with van der Waals surface area (Å²) in [6, 6.07) is 1.03. The number of nitro groups is 1. The van der Waals surface area contributed by atoms with Gasteiger partial charge in [-0.2, -0.15) is 4.39 Å². The second-order valence-corrected chi connectivity index (χ2v) is 5.05. The molecular formula is C12H15F2N3O4. The molecule has 0 spiro atoms. The van der Waals surface area contributed by atoms with Crippen LogP contribution in [0.2, 0.25) is 0 Å². The van der Waals surface area contributed by atoms with E-state index in [9.17, 15) is 23.7 Å². The van der Waals surface area contributed by atoms with Crippen molar-refractivity contribution in [3.63, 3.8) is 0 Å². The summed E-state index contributed by atoms with van der Waals surface area (Å²) in [5.74, 6) is -2.45. The standard InChI is InChI=1S/C12H15F2N3O4/c1-12(2,3)21-11(18)16(15-4)9-6-7(13)5-8(14)10(9)17(19)20/h5-6,15H,1-4H3. The Morgan fingerprint density at radius 2 is 1.95 bits per heavy atom. The fourth-order valence-corrected chi connectivity index (χ4v) is 1.52. The van der Waals surface area contributed by atoms with Gasteiger partial charge in [0, 0.05) is 19.2 Å². The molecule has 0 aliphatic heterocycles. The van der Waals surface area contributed by atoms with Crippen molar-refractivity contribution in [2.45, 2.75) is 26.4 Å². The van der Waals surface area contributed by atoms with Crippen LogP contribution in [0.1, 0.15) is 20.8 Å². The molecule has 1 aromatic rings. The maximum absolute atomic E-state index is 13.6. The van der Waals surface area contributed by atoms with E-state index >= 15 is 0 Å². The number of amides is 1. The van der Waals surface area contributed by atoms with Gasteiger partial charge in [0.2, 0.25) is 5.82 Å². The molecule has 0 unspecified atom stereocenters. The number of carbonyl (C=O) groups excluding carboxylic acids is 1. The maximum atomic E-state index is 13.6. The summed E-state index contributed by atoms with van der Waals surface area (Å²) in [4.78, 5) is 21.8. The zero-order valence-electron chi connectivity index (χ0n) is 11.9. The summed E-state index contributed by atoms with van der Waals surface area (Å²) in [6.45, 7) is 4.75.